The maximum absolute atomic E-state index is 13.5. The van der Waals surface area contributed by atoms with Crippen molar-refractivity contribution in [3.63, 3.8) is 0 Å². The minimum absolute atomic E-state index is 0.00704. The first-order valence-corrected chi connectivity index (χ1v) is 12.4. The Morgan fingerprint density at radius 3 is 2.14 bits per heavy atom. The molecule has 8 heteroatoms. The zero-order valence-corrected chi connectivity index (χ0v) is 20.2. The molecule has 3 aromatic carbocycles. The van der Waals surface area contributed by atoms with Gasteiger partial charge in [-0.15, -0.1) is 0 Å². The SMILES string of the molecule is O=C(c1cccc(F)c1)N1CCN(C2CN(C(=O)c3ccc4c(ccn4-c4ccc(F)cc4)c3)C2)CC1. The van der Waals surface area contributed by atoms with E-state index < -0.39 is 5.82 Å². The Kier molecular flexibility index (Phi) is 5.96. The lowest BCUT2D eigenvalue weighted by Crippen LogP contribution is -2.64. The van der Waals surface area contributed by atoms with Crippen molar-refractivity contribution in [3.05, 3.63) is 102 Å². The van der Waals surface area contributed by atoms with Gasteiger partial charge < -0.3 is 14.4 Å². The summed E-state index contributed by atoms with van der Waals surface area (Å²) in [6.07, 6.45) is 1.92. The Morgan fingerprint density at radius 1 is 0.703 bits per heavy atom. The van der Waals surface area contributed by atoms with Crippen molar-refractivity contribution in [1.82, 2.24) is 19.3 Å². The smallest absolute Gasteiger partial charge is 0.254 e. The average Bonchev–Trinajstić information content (AvgIpc) is 3.31. The van der Waals surface area contributed by atoms with Crippen molar-refractivity contribution in [2.24, 2.45) is 0 Å². The third kappa shape index (κ3) is 4.49. The van der Waals surface area contributed by atoms with Crippen molar-refractivity contribution in [1.29, 1.82) is 0 Å². The Hall–Kier alpha value is -4.04. The van der Waals surface area contributed by atoms with E-state index >= 15 is 0 Å². The maximum Gasteiger partial charge on any atom is 0.254 e. The molecule has 0 bridgehead atoms. The van der Waals surface area contributed by atoms with Gasteiger partial charge in [0, 0.05) is 73.7 Å². The van der Waals surface area contributed by atoms with Gasteiger partial charge in [0.05, 0.1) is 5.52 Å². The molecule has 4 aromatic rings. The van der Waals surface area contributed by atoms with Gasteiger partial charge in [-0.05, 0) is 66.7 Å². The second kappa shape index (κ2) is 9.44. The van der Waals surface area contributed by atoms with Crippen molar-refractivity contribution < 1.29 is 18.4 Å². The van der Waals surface area contributed by atoms with Crippen LogP contribution >= 0.6 is 0 Å². The van der Waals surface area contributed by atoms with Crippen LogP contribution in [0.3, 0.4) is 0 Å². The van der Waals surface area contributed by atoms with Crippen LogP contribution in [0.4, 0.5) is 8.78 Å². The lowest BCUT2D eigenvalue weighted by molar-refractivity contribution is 0.00853. The lowest BCUT2D eigenvalue weighted by Gasteiger charge is -2.48. The molecule has 188 valence electrons. The molecule has 2 aliphatic heterocycles. The number of likely N-dealkylation sites (tertiary alicyclic amines) is 1. The van der Waals surface area contributed by atoms with Gasteiger partial charge in [0.1, 0.15) is 11.6 Å². The average molecular weight is 501 g/mol. The van der Waals surface area contributed by atoms with Gasteiger partial charge in [0.15, 0.2) is 0 Å². The molecule has 37 heavy (non-hydrogen) atoms. The van der Waals surface area contributed by atoms with Gasteiger partial charge in [-0.25, -0.2) is 8.78 Å². The number of nitrogens with zero attached hydrogens (tertiary/aromatic N) is 4. The first kappa shape index (κ1) is 23.4. The summed E-state index contributed by atoms with van der Waals surface area (Å²) in [5.41, 5.74) is 2.83. The normalized spacial score (nSPS) is 16.7. The molecule has 0 radical (unpaired) electrons. The standard InChI is InChI=1S/C29H26F2N4O2/c30-23-5-7-25(8-6-23)35-11-10-20-16-22(4-9-27(20)35)29(37)34-18-26(19-34)32-12-14-33(15-13-32)28(36)21-2-1-3-24(31)17-21/h1-11,16-17,26H,12-15,18-19H2. The van der Waals surface area contributed by atoms with Crippen LogP contribution < -0.4 is 0 Å². The number of carbonyl (C=O) groups is 2. The molecule has 0 atom stereocenters. The number of piperazine rings is 1. The molecule has 2 saturated heterocycles. The predicted molar refractivity (Wildman–Crippen MR) is 137 cm³/mol. The molecule has 0 saturated carbocycles. The van der Waals surface area contributed by atoms with Crippen LogP contribution in [0.15, 0.2) is 79.0 Å². The fourth-order valence-electron chi connectivity index (χ4n) is 5.23. The Bertz CT molecular complexity index is 1470. The van der Waals surface area contributed by atoms with E-state index in [0.717, 1.165) is 29.7 Å². The summed E-state index contributed by atoms with van der Waals surface area (Å²) in [6, 6.07) is 20.0. The molecule has 3 heterocycles. The number of fused-ring (bicyclic) bond motifs is 1. The summed E-state index contributed by atoms with van der Waals surface area (Å²) >= 11 is 0. The molecule has 6 nitrogen and oxygen atoms in total. The molecule has 2 amide bonds. The van der Waals surface area contributed by atoms with Gasteiger partial charge in [0.2, 0.25) is 0 Å². The van der Waals surface area contributed by atoms with E-state index in [2.05, 4.69) is 4.90 Å². The van der Waals surface area contributed by atoms with Crippen LogP contribution in [-0.2, 0) is 0 Å². The predicted octanol–water partition coefficient (Wildman–Crippen LogP) is 4.19. The van der Waals surface area contributed by atoms with E-state index in [4.69, 9.17) is 0 Å². The van der Waals surface area contributed by atoms with Gasteiger partial charge in [-0.2, -0.15) is 0 Å². The molecule has 6 rings (SSSR count). The number of carbonyl (C=O) groups excluding carboxylic acids is 2. The van der Waals surface area contributed by atoms with Crippen molar-refractivity contribution in [2.45, 2.75) is 6.04 Å². The third-order valence-electron chi connectivity index (χ3n) is 7.38. The minimum Gasteiger partial charge on any atom is -0.336 e. The summed E-state index contributed by atoms with van der Waals surface area (Å²) in [7, 11) is 0. The number of halogens is 2. The lowest BCUT2D eigenvalue weighted by atomic mass is 10.0. The van der Waals surface area contributed by atoms with Crippen LogP contribution in [-0.4, -0.2) is 76.4 Å². The fraction of sp³-hybridized carbons (Fsp3) is 0.241. The number of hydrogen-bond donors (Lipinski definition) is 0. The Labute approximate surface area is 213 Å². The number of amides is 2. The summed E-state index contributed by atoms with van der Waals surface area (Å²) in [5.74, 6) is -0.825. The van der Waals surface area contributed by atoms with Crippen molar-refractivity contribution in [2.75, 3.05) is 39.3 Å². The summed E-state index contributed by atoms with van der Waals surface area (Å²) in [5, 5.41) is 0.950. The summed E-state index contributed by atoms with van der Waals surface area (Å²) in [4.78, 5) is 31.7. The van der Waals surface area contributed by atoms with Gasteiger partial charge in [0.25, 0.3) is 11.8 Å². The zero-order valence-electron chi connectivity index (χ0n) is 20.2. The topological polar surface area (TPSA) is 48.8 Å². The molecule has 0 unspecified atom stereocenters. The highest BCUT2D eigenvalue weighted by atomic mass is 19.1. The van der Waals surface area contributed by atoms with Crippen molar-refractivity contribution in [3.8, 4) is 5.69 Å². The van der Waals surface area contributed by atoms with E-state index in [0.29, 0.717) is 37.3 Å². The molecule has 2 fully saturated rings. The molecule has 2 aliphatic rings. The molecule has 0 spiro atoms. The van der Waals surface area contributed by atoms with Crippen LogP contribution in [0.1, 0.15) is 20.7 Å². The first-order chi connectivity index (χ1) is 18.0. The highest BCUT2D eigenvalue weighted by Gasteiger charge is 2.37. The van der Waals surface area contributed by atoms with Gasteiger partial charge in [-0.1, -0.05) is 6.07 Å². The largest absolute Gasteiger partial charge is 0.336 e. The summed E-state index contributed by atoms with van der Waals surface area (Å²) in [6.45, 7) is 3.95. The van der Waals surface area contributed by atoms with E-state index in [1.807, 2.05) is 39.9 Å². The summed E-state index contributed by atoms with van der Waals surface area (Å²) < 4.78 is 28.7. The third-order valence-corrected chi connectivity index (χ3v) is 7.38. The Balaban J connectivity index is 1.05. The van der Waals surface area contributed by atoms with Crippen LogP contribution in [0.25, 0.3) is 16.6 Å². The second-order valence-electron chi connectivity index (χ2n) is 9.64. The highest BCUT2D eigenvalue weighted by molar-refractivity contribution is 5.99. The molecular formula is C29H26F2N4O2. The van der Waals surface area contributed by atoms with E-state index in [1.54, 1.807) is 29.2 Å². The zero-order chi connectivity index (χ0) is 25.5. The molecular weight excluding hydrogens is 474 g/mol. The number of benzene rings is 3. The van der Waals surface area contributed by atoms with E-state index in [1.165, 1.54) is 24.3 Å². The number of hydrogen-bond acceptors (Lipinski definition) is 3. The number of aromatic nitrogens is 1. The molecule has 0 N–H and O–H groups in total. The quantitative estimate of drug-likeness (QED) is 0.422. The van der Waals surface area contributed by atoms with Crippen LogP contribution in [0.2, 0.25) is 0 Å². The second-order valence-corrected chi connectivity index (χ2v) is 9.64. The van der Waals surface area contributed by atoms with Gasteiger partial charge in [-0.3, -0.25) is 14.5 Å². The number of rotatable bonds is 4. The minimum atomic E-state index is -0.409. The Morgan fingerprint density at radius 2 is 1.41 bits per heavy atom. The molecule has 1 aromatic heterocycles. The molecule has 0 aliphatic carbocycles. The van der Waals surface area contributed by atoms with Gasteiger partial charge >= 0.3 is 0 Å². The fourth-order valence-corrected chi connectivity index (χ4v) is 5.23. The first-order valence-electron chi connectivity index (χ1n) is 12.4. The maximum atomic E-state index is 13.5. The van der Waals surface area contributed by atoms with E-state index in [9.17, 15) is 18.4 Å². The monoisotopic (exact) mass is 500 g/mol. The highest BCUT2D eigenvalue weighted by Crippen LogP contribution is 2.25. The van der Waals surface area contributed by atoms with Crippen LogP contribution in [0, 0.1) is 11.6 Å². The van der Waals surface area contributed by atoms with E-state index in [-0.39, 0.29) is 23.7 Å². The van der Waals surface area contributed by atoms with Crippen LogP contribution in [0.5, 0.6) is 0 Å². The van der Waals surface area contributed by atoms with Crippen molar-refractivity contribution >= 4 is 22.7 Å².